The van der Waals surface area contributed by atoms with Crippen LogP contribution in [0.5, 0.6) is 0 Å². The van der Waals surface area contributed by atoms with Crippen LogP contribution in [0.15, 0.2) is 6.20 Å². The molecule has 1 fully saturated rings. The van der Waals surface area contributed by atoms with Crippen molar-refractivity contribution >= 4 is 11.6 Å². The molecule has 1 aromatic rings. The molecule has 0 saturated heterocycles. The second kappa shape index (κ2) is 6.73. The number of ether oxygens (including phenoxy) is 1. The zero-order chi connectivity index (χ0) is 13.8. The van der Waals surface area contributed by atoms with E-state index in [2.05, 4.69) is 12.0 Å². The summed E-state index contributed by atoms with van der Waals surface area (Å²) in [5, 5.41) is 5.00. The van der Waals surface area contributed by atoms with Crippen molar-refractivity contribution in [3.63, 3.8) is 0 Å². The minimum atomic E-state index is -0.0189. The molecule has 0 spiro atoms. The molecule has 1 aromatic heterocycles. The Morgan fingerprint density at radius 2 is 2.37 bits per heavy atom. The summed E-state index contributed by atoms with van der Waals surface area (Å²) < 4.78 is 7.01. The highest BCUT2D eigenvalue weighted by molar-refractivity contribution is 6.31. The lowest BCUT2D eigenvalue weighted by atomic mass is 9.78. The van der Waals surface area contributed by atoms with E-state index < -0.39 is 0 Å². The van der Waals surface area contributed by atoms with Gasteiger partial charge < -0.3 is 10.5 Å². The van der Waals surface area contributed by atoms with E-state index in [1.165, 1.54) is 25.7 Å². The lowest BCUT2D eigenvalue weighted by Gasteiger charge is -2.31. The van der Waals surface area contributed by atoms with E-state index in [0.717, 1.165) is 11.6 Å². The zero-order valence-corrected chi connectivity index (χ0v) is 12.6. The second-order valence-corrected chi connectivity index (χ2v) is 6.06. The van der Waals surface area contributed by atoms with Crippen molar-refractivity contribution in [1.29, 1.82) is 0 Å². The molecule has 1 heterocycles. The Labute approximate surface area is 120 Å². The molecule has 0 aromatic carbocycles. The molecule has 1 saturated carbocycles. The standard InChI is InChI=1S/C14H24ClN3O/c1-10-4-3-5-11(8-10)13(16)14-12(15)9-17-18(14)6-7-19-2/h9-11,13H,3-8,16H2,1-2H3. The third-order valence-corrected chi connectivity index (χ3v) is 4.43. The molecule has 0 amide bonds. The van der Waals surface area contributed by atoms with Gasteiger partial charge in [0.15, 0.2) is 0 Å². The first-order valence-electron chi connectivity index (χ1n) is 7.09. The molecule has 2 N–H and O–H groups in total. The van der Waals surface area contributed by atoms with Crippen LogP contribution in [-0.2, 0) is 11.3 Å². The summed E-state index contributed by atoms with van der Waals surface area (Å²) in [5.74, 6) is 1.28. The van der Waals surface area contributed by atoms with Crippen LogP contribution >= 0.6 is 11.6 Å². The van der Waals surface area contributed by atoms with Gasteiger partial charge >= 0.3 is 0 Å². The fourth-order valence-corrected chi connectivity index (χ4v) is 3.36. The van der Waals surface area contributed by atoms with Crippen LogP contribution in [0.4, 0.5) is 0 Å². The van der Waals surface area contributed by atoms with Crippen LogP contribution in [0, 0.1) is 11.8 Å². The van der Waals surface area contributed by atoms with Gasteiger partial charge in [0.25, 0.3) is 0 Å². The number of rotatable bonds is 5. The average Bonchev–Trinajstić information content (AvgIpc) is 2.76. The zero-order valence-electron chi connectivity index (χ0n) is 11.8. The molecule has 3 unspecified atom stereocenters. The first-order valence-corrected chi connectivity index (χ1v) is 7.47. The van der Waals surface area contributed by atoms with Crippen LogP contribution < -0.4 is 5.73 Å². The lowest BCUT2D eigenvalue weighted by molar-refractivity contribution is 0.179. The third kappa shape index (κ3) is 3.50. The van der Waals surface area contributed by atoms with Gasteiger partial charge in [0.1, 0.15) is 0 Å². The van der Waals surface area contributed by atoms with E-state index in [9.17, 15) is 0 Å². The maximum Gasteiger partial charge on any atom is 0.0834 e. The first-order chi connectivity index (χ1) is 9.13. The van der Waals surface area contributed by atoms with Crippen molar-refractivity contribution in [1.82, 2.24) is 9.78 Å². The Kier molecular flexibility index (Phi) is 5.25. The molecule has 3 atom stereocenters. The van der Waals surface area contributed by atoms with Gasteiger partial charge in [-0.2, -0.15) is 5.10 Å². The number of methoxy groups -OCH3 is 1. The number of nitrogens with two attached hydrogens (primary N) is 1. The van der Waals surface area contributed by atoms with Gasteiger partial charge in [-0.25, -0.2) is 0 Å². The average molecular weight is 286 g/mol. The molecule has 2 rings (SSSR count). The fraction of sp³-hybridized carbons (Fsp3) is 0.786. The van der Waals surface area contributed by atoms with Crippen LogP contribution in [0.3, 0.4) is 0 Å². The summed E-state index contributed by atoms with van der Waals surface area (Å²) in [7, 11) is 1.69. The number of aromatic nitrogens is 2. The molecular weight excluding hydrogens is 262 g/mol. The van der Waals surface area contributed by atoms with Crippen molar-refractivity contribution < 1.29 is 4.74 Å². The van der Waals surface area contributed by atoms with Gasteiger partial charge in [0, 0.05) is 7.11 Å². The van der Waals surface area contributed by atoms with Crippen LogP contribution in [0.25, 0.3) is 0 Å². The highest BCUT2D eigenvalue weighted by Gasteiger charge is 2.29. The topological polar surface area (TPSA) is 53.1 Å². The molecular formula is C14H24ClN3O. The summed E-state index contributed by atoms with van der Waals surface area (Å²) in [6, 6.07) is -0.0189. The molecule has 108 valence electrons. The molecule has 1 aliphatic rings. The highest BCUT2D eigenvalue weighted by atomic mass is 35.5. The van der Waals surface area contributed by atoms with E-state index in [-0.39, 0.29) is 6.04 Å². The van der Waals surface area contributed by atoms with E-state index in [4.69, 9.17) is 22.1 Å². The Balaban J connectivity index is 2.12. The summed E-state index contributed by atoms with van der Waals surface area (Å²) in [4.78, 5) is 0. The Morgan fingerprint density at radius 3 is 3.05 bits per heavy atom. The van der Waals surface area contributed by atoms with Gasteiger partial charge in [-0.15, -0.1) is 0 Å². The lowest BCUT2D eigenvalue weighted by Crippen LogP contribution is -2.29. The molecule has 0 aliphatic heterocycles. The van der Waals surface area contributed by atoms with Gasteiger partial charge in [-0.05, 0) is 24.7 Å². The summed E-state index contributed by atoms with van der Waals surface area (Å²) >= 11 is 6.27. The molecule has 5 heteroatoms. The Bertz CT molecular complexity index is 407. The third-order valence-electron chi connectivity index (χ3n) is 4.14. The normalized spacial score (nSPS) is 25.5. The SMILES string of the molecule is COCCn1ncc(Cl)c1C(N)C1CCCC(C)C1. The van der Waals surface area contributed by atoms with Crippen molar-refractivity contribution in [3.05, 3.63) is 16.9 Å². The van der Waals surface area contributed by atoms with Gasteiger partial charge in [-0.3, -0.25) is 4.68 Å². The van der Waals surface area contributed by atoms with Gasteiger partial charge in [-0.1, -0.05) is 31.4 Å². The van der Waals surface area contributed by atoms with Crippen LogP contribution in [-0.4, -0.2) is 23.5 Å². The van der Waals surface area contributed by atoms with E-state index in [1.807, 2.05) is 4.68 Å². The maximum atomic E-state index is 6.46. The van der Waals surface area contributed by atoms with Crippen molar-refractivity contribution in [3.8, 4) is 0 Å². The second-order valence-electron chi connectivity index (χ2n) is 5.65. The molecule has 4 nitrogen and oxygen atoms in total. The minimum absolute atomic E-state index is 0.0189. The number of hydrogen-bond acceptors (Lipinski definition) is 3. The predicted molar refractivity (Wildman–Crippen MR) is 77.2 cm³/mol. The van der Waals surface area contributed by atoms with Crippen molar-refractivity contribution in [2.24, 2.45) is 17.6 Å². The summed E-state index contributed by atoms with van der Waals surface area (Å²) in [6.45, 7) is 3.63. The van der Waals surface area contributed by atoms with Crippen LogP contribution in [0.2, 0.25) is 5.02 Å². The summed E-state index contributed by atoms with van der Waals surface area (Å²) in [5.41, 5.74) is 7.43. The van der Waals surface area contributed by atoms with Gasteiger partial charge in [0.2, 0.25) is 0 Å². The van der Waals surface area contributed by atoms with Crippen LogP contribution in [0.1, 0.15) is 44.3 Å². The molecule has 1 aliphatic carbocycles. The fourth-order valence-electron chi connectivity index (χ4n) is 3.09. The summed E-state index contributed by atoms with van der Waals surface area (Å²) in [6.07, 6.45) is 6.66. The van der Waals surface area contributed by atoms with E-state index in [1.54, 1.807) is 13.3 Å². The van der Waals surface area contributed by atoms with Gasteiger partial charge in [0.05, 0.1) is 36.1 Å². The smallest absolute Gasteiger partial charge is 0.0834 e. The highest BCUT2D eigenvalue weighted by Crippen LogP contribution is 2.37. The molecule has 0 radical (unpaired) electrons. The Morgan fingerprint density at radius 1 is 1.58 bits per heavy atom. The molecule has 19 heavy (non-hydrogen) atoms. The van der Waals surface area contributed by atoms with E-state index in [0.29, 0.717) is 24.1 Å². The number of hydrogen-bond donors (Lipinski definition) is 1. The monoisotopic (exact) mass is 285 g/mol. The quantitative estimate of drug-likeness (QED) is 0.905. The Hall–Kier alpha value is -0.580. The number of halogens is 1. The number of nitrogens with zero attached hydrogens (tertiary/aromatic N) is 2. The van der Waals surface area contributed by atoms with Crippen molar-refractivity contribution in [2.75, 3.05) is 13.7 Å². The molecule has 0 bridgehead atoms. The largest absolute Gasteiger partial charge is 0.383 e. The first kappa shape index (κ1) is 14.8. The predicted octanol–water partition coefficient (Wildman–Crippen LogP) is 3.01. The minimum Gasteiger partial charge on any atom is -0.383 e. The maximum absolute atomic E-state index is 6.46. The van der Waals surface area contributed by atoms with Crippen molar-refractivity contribution in [2.45, 2.75) is 45.2 Å². The van der Waals surface area contributed by atoms with E-state index >= 15 is 0 Å².